The van der Waals surface area contributed by atoms with E-state index in [1.54, 1.807) is 0 Å². The summed E-state index contributed by atoms with van der Waals surface area (Å²) >= 11 is 0. The van der Waals surface area contributed by atoms with E-state index in [9.17, 15) is 0 Å². The van der Waals surface area contributed by atoms with E-state index in [0.717, 1.165) is 16.7 Å². The fraction of sp³-hybridized carbons (Fsp3) is 0.0115. The Morgan fingerprint density at radius 3 is 1.12 bits per heavy atom. The summed E-state index contributed by atoms with van der Waals surface area (Å²) in [5.41, 5.74) is 22.4. The molecule has 0 amide bonds. The predicted molar refractivity (Wildman–Crippen MR) is 373 cm³/mol. The van der Waals surface area contributed by atoms with Crippen molar-refractivity contribution in [3.8, 4) is 72.4 Å². The Morgan fingerprint density at radius 1 is 0.193 bits per heavy atom. The van der Waals surface area contributed by atoms with Gasteiger partial charge in [-0.1, -0.05) is 279 Å². The monoisotopic (exact) mass is 1110 g/mol. The zero-order valence-electron chi connectivity index (χ0n) is 48.2. The van der Waals surface area contributed by atoms with Gasteiger partial charge in [0, 0.05) is 16.5 Å². The molecule has 1 aromatic heterocycles. The lowest BCUT2D eigenvalue weighted by molar-refractivity contribution is 0.768. The van der Waals surface area contributed by atoms with Gasteiger partial charge in [-0.15, -0.1) is 0 Å². The minimum atomic E-state index is -0.626. The average molecular weight is 1110 g/mol. The van der Waals surface area contributed by atoms with Crippen LogP contribution in [0, 0.1) is 0 Å². The van der Waals surface area contributed by atoms with Crippen molar-refractivity contribution < 1.29 is 0 Å². The molecule has 1 nitrogen and oxygen atoms in total. The number of hydrogen-bond acceptors (Lipinski definition) is 0. The Balaban J connectivity index is 0.818. The summed E-state index contributed by atoms with van der Waals surface area (Å²) in [6.07, 6.45) is 0. The molecule has 1 heterocycles. The first-order chi connectivity index (χ1) is 43.6. The predicted octanol–water partition coefficient (Wildman–Crippen LogP) is 23.2. The molecule has 0 aliphatic heterocycles. The first-order valence-electron chi connectivity index (χ1n) is 30.6. The standard InChI is InChI=1S/C87H55N/c1-3-22-66(23-4-1)87(67-24-5-2-6-25-67)83-54-65(70-33-17-21-58-18-7-10-26-69(58)70)42-46-77(83)78-47-45-68(55-84(78)87)88-85-48-43-61(56-34-38-59(39-35-56)79-52-63-19-8-11-27-71(63)73-29-13-15-31-75(73)79)50-81(85)82-51-62(44-49-86(82)88)57-36-40-60(41-37-57)80-53-64-20-9-12-28-72(64)74-30-14-16-32-76(74)80/h1-55H. The number of fused-ring (bicyclic) bond motifs is 13. The van der Waals surface area contributed by atoms with Crippen molar-refractivity contribution in [2.24, 2.45) is 0 Å². The lowest BCUT2D eigenvalue weighted by Gasteiger charge is -2.34. The van der Waals surface area contributed by atoms with Gasteiger partial charge in [-0.05, 0) is 197 Å². The lowest BCUT2D eigenvalue weighted by atomic mass is 9.67. The van der Waals surface area contributed by atoms with Gasteiger partial charge in [-0.2, -0.15) is 0 Å². The molecule has 1 aliphatic rings. The summed E-state index contributed by atoms with van der Waals surface area (Å²) in [5.74, 6) is 0. The molecule has 18 rings (SSSR count). The van der Waals surface area contributed by atoms with Crippen LogP contribution in [0.1, 0.15) is 22.3 Å². The zero-order valence-corrected chi connectivity index (χ0v) is 48.2. The highest BCUT2D eigenvalue weighted by Gasteiger charge is 2.46. The molecule has 0 fully saturated rings. The smallest absolute Gasteiger partial charge is 0.0714 e. The van der Waals surface area contributed by atoms with E-state index in [1.165, 1.54) is 154 Å². The van der Waals surface area contributed by atoms with E-state index >= 15 is 0 Å². The van der Waals surface area contributed by atoms with Gasteiger partial charge in [0.15, 0.2) is 0 Å². The van der Waals surface area contributed by atoms with Crippen LogP contribution in [-0.4, -0.2) is 4.57 Å². The SMILES string of the molecule is c1ccc(C2(c3ccccc3)c3cc(-c4cccc5ccccc45)ccc3-c3ccc(-n4c5ccc(-c6ccc(-c7cc8ccccc8c8ccccc78)cc6)cc5c5cc(-c6ccc(-c7cc8ccccc8c8ccccc78)cc6)ccc54)cc32)cc1. The van der Waals surface area contributed by atoms with Crippen LogP contribution >= 0.6 is 0 Å². The van der Waals surface area contributed by atoms with E-state index in [2.05, 4.69) is 338 Å². The third-order valence-corrected chi connectivity index (χ3v) is 19.3. The molecule has 0 N–H and O–H groups in total. The van der Waals surface area contributed by atoms with Gasteiger partial charge in [-0.25, -0.2) is 0 Å². The summed E-state index contributed by atoms with van der Waals surface area (Å²) < 4.78 is 2.52. The maximum Gasteiger partial charge on any atom is 0.0714 e. The second-order valence-electron chi connectivity index (χ2n) is 23.8. The van der Waals surface area contributed by atoms with Crippen molar-refractivity contribution in [1.82, 2.24) is 4.57 Å². The van der Waals surface area contributed by atoms with E-state index in [4.69, 9.17) is 0 Å². The van der Waals surface area contributed by atoms with Crippen molar-refractivity contribution >= 4 is 75.7 Å². The molecule has 408 valence electrons. The topological polar surface area (TPSA) is 4.93 Å². The second kappa shape index (κ2) is 19.9. The molecule has 88 heavy (non-hydrogen) atoms. The molecule has 1 aliphatic carbocycles. The van der Waals surface area contributed by atoms with Crippen LogP contribution in [0.2, 0.25) is 0 Å². The van der Waals surface area contributed by atoms with E-state index < -0.39 is 5.41 Å². The maximum absolute atomic E-state index is 2.52. The lowest BCUT2D eigenvalue weighted by Crippen LogP contribution is -2.28. The Morgan fingerprint density at radius 2 is 0.591 bits per heavy atom. The first kappa shape index (κ1) is 50.0. The Labute approximate surface area is 510 Å². The Kier molecular flexibility index (Phi) is 11.3. The van der Waals surface area contributed by atoms with Crippen molar-refractivity contribution in [1.29, 1.82) is 0 Å². The van der Waals surface area contributed by atoms with Gasteiger partial charge in [0.2, 0.25) is 0 Å². The fourth-order valence-corrected chi connectivity index (χ4v) is 15.2. The largest absolute Gasteiger partial charge is 0.309 e. The molecule has 0 unspecified atom stereocenters. The molecule has 1 heteroatoms. The maximum atomic E-state index is 2.52. The van der Waals surface area contributed by atoms with Crippen LogP contribution in [-0.2, 0) is 5.41 Å². The second-order valence-corrected chi connectivity index (χ2v) is 23.8. The number of hydrogen-bond donors (Lipinski definition) is 0. The van der Waals surface area contributed by atoms with E-state index in [-0.39, 0.29) is 0 Å². The zero-order chi connectivity index (χ0) is 57.9. The van der Waals surface area contributed by atoms with Crippen LogP contribution in [0.25, 0.3) is 148 Å². The molecule has 0 saturated heterocycles. The highest BCUT2D eigenvalue weighted by molar-refractivity contribution is 6.16. The van der Waals surface area contributed by atoms with Gasteiger partial charge < -0.3 is 4.57 Å². The van der Waals surface area contributed by atoms with Crippen LogP contribution in [0.3, 0.4) is 0 Å². The quantitative estimate of drug-likeness (QED) is 0.134. The fourth-order valence-electron chi connectivity index (χ4n) is 15.2. The Hall–Kier alpha value is -11.4. The molecule has 0 saturated carbocycles. The van der Waals surface area contributed by atoms with E-state index in [0.29, 0.717) is 0 Å². The van der Waals surface area contributed by atoms with E-state index in [1.807, 2.05) is 0 Å². The average Bonchev–Trinajstić information content (AvgIpc) is 1.55. The summed E-state index contributed by atoms with van der Waals surface area (Å²) in [6.45, 7) is 0. The van der Waals surface area contributed by atoms with Crippen molar-refractivity contribution in [2.45, 2.75) is 5.41 Å². The molecule has 17 aromatic rings. The molecular formula is C87H55N. The van der Waals surface area contributed by atoms with Crippen LogP contribution < -0.4 is 0 Å². The van der Waals surface area contributed by atoms with Crippen LogP contribution in [0.4, 0.5) is 0 Å². The van der Waals surface area contributed by atoms with Crippen molar-refractivity contribution in [3.05, 3.63) is 356 Å². The summed E-state index contributed by atoms with van der Waals surface area (Å²) in [7, 11) is 0. The van der Waals surface area contributed by atoms with Crippen molar-refractivity contribution in [2.75, 3.05) is 0 Å². The highest BCUT2D eigenvalue weighted by atomic mass is 15.0. The molecule has 0 spiro atoms. The molecule has 0 radical (unpaired) electrons. The van der Waals surface area contributed by atoms with Gasteiger partial charge in [0.05, 0.1) is 16.4 Å². The third kappa shape index (κ3) is 7.67. The van der Waals surface area contributed by atoms with Crippen molar-refractivity contribution in [3.63, 3.8) is 0 Å². The van der Waals surface area contributed by atoms with Crippen LogP contribution in [0.5, 0.6) is 0 Å². The highest BCUT2D eigenvalue weighted by Crippen LogP contribution is 2.58. The number of rotatable bonds is 8. The number of aromatic nitrogens is 1. The normalized spacial score (nSPS) is 12.6. The van der Waals surface area contributed by atoms with Gasteiger partial charge in [-0.3, -0.25) is 0 Å². The summed E-state index contributed by atoms with van der Waals surface area (Å²) in [4.78, 5) is 0. The van der Waals surface area contributed by atoms with Gasteiger partial charge in [0.25, 0.3) is 0 Å². The van der Waals surface area contributed by atoms with Gasteiger partial charge >= 0.3 is 0 Å². The molecule has 0 bridgehead atoms. The molecular weight excluding hydrogens is 1060 g/mol. The summed E-state index contributed by atoms with van der Waals surface area (Å²) in [6, 6.07) is 125. The van der Waals surface area contributed by atoms with Crippen LogP contribution in [0.15, 0.2) is 334 Å². The Bertz CT molecular complexity index is 5390. The molecule has 16 aromatic carbocycles. The molecule has 0 atom stereocenters. The van der Waals surface area contributed by atoms with Gasteiger partial charge in [0.1, 0.15) is 0 Å². The third-order valence-electron chi connectivity index (χ3n) is 19.3. The first-order valence-corrected chi connectivity index (χ1v) is 30.6. The summed E-state index contributed by atoms with van der Waals surface area (Å²) in [5, 5.41) is 15.1. The minimum Gasteiger partial charge on any atom is -0.309 e. The number of benzene rings is 16. The minimum absolute atomic E-state index is 0.626. The number of nitrogens with zero attached hydrogens (tertiary/aromatic N) is 1.